The fraction of sp³-hybridized carbons (Fsp3) is 0.308. The van der Waals surface area contributed by atoms with Crippen molar-refractivity contribution in [2.75, 3.05) is 7.11 Å². The zero-order valence-corrected chi connectivity index (χ0v) is 10.6. The van der Waals surface area contributed by atoms with E-state index in [0.29, 0.717) is 10.7 Å². The number of hydrogen-bond donors (Lipinski definition) is 0. The monoisotopic (exact) mass is 251 g/mol. The largest absolute Gasteiger partial charge is 0.495 e. The molecular formula is C13H14ClNO2. The molecular weight excluding hydrogens is 238 g/mol. The predicted octanol–water partition coefficient (Wildman–Crippen LogP) is 3.53. The number of aldehydes is 1. The maximum atomic E-state index is 11.1. The summed E-state index contributed by atoms with van der Waals surface area (Å²) in [5.41, 5.74) is 1.43. The molecule has 0 saturated carbocycles. The van der Waals surface area contributed by atoms with Gasteiger partial charge in [-0.05, 0) is 12.5 Å². The van der Waals surface area contributed by atoms with Gasteiger partial charge >= 0.3 is 0 Å². The van der Waals surface area contributed by atoms with Crippen LogP contribution < -0.4 is 4.74 Å². The van der Waals surface area contributed by atoms with E-state index in [0.717, 1.165) is 35.9 Å². The van der Waals surface area contributed by atoms with Crippen molar-refractivity contribution in [3.8, 4) is 5.75 Å². The molecule has 0 radical (unpaired) electrons. The quantitative estimate of drug-likeness (QED) is 0.779. The molecule has 1 heterocycles. The van der Waals surface area contributed by atoms with E-state index in [9.17, 15) is 4.79 Å². The first kappa shape index (κ1) is 12.0. The van der Waals surface area contributed by atoms with E-state index in [-0.39, 0.29) is 0 Å². The summed E-state index contributed by atoms with van der Waals surface area (Å²) < 4.78 is 7.26. The molecule has 0 aliphatic carbocycles. The van der Waals surface area contributed by atoms with Gasteiger partial charge in [0.25, 0.3) is 0 Å². The Labute approximate surface area is 105 Å². The fourth-order valence-corrected chi connectivity index (χ4v) is 2.40. The van der Waals surface area contributed by atoms with Crippen LogP contribution in [0.2, 0.25) is 5.15 Å². The van der Waals surface area contributed by atoms with Crippen LogP contribution in [0.3, 0.4) is 0 Å². The maximum absolute atomic E-state index is 11.1. The topological polar surface area (TPSA) is 31.2 Å². The summed E-state index contributed by atoms with van der Waals surface area (Å²) in [5, 5.41) is 1.33. The van der Waals surface area contributed by atoms with Gasteiger partial charge in [0, 0.05) is 11.9 Å². The van der Waals surface area contributed by atoms with Crippen molar-refractivity contribution < 1.29 is 9.53 Å². The van der Waals surface area contributed by atoms with Crippen LogP contribution in [0, 0.1) is 0 Å². The average Bonchev–Trinajstić information content (AvgIpc) is 2.62. The zero-order valence-electron chi connectivity index (χ0n) is 9.87. The fourth-order valence-electron chi connectivity index (χ4n) is 2.08. The second-order valence-corrected chi connectivity index (χ2v) is 4.19. The number of para-hydroxylation sites is 1. The number of rotatable bonds is 4. The van der Waals surface area contributed by atoms with Crippen molar-refractivity contribution in [2.24, 2.45) is 0 Å². The molecule has 0 unspecified atom stereocenters. The molecule has 3 nitrogen and oxygen atoms in total. The Kier molecular flexibility index (Phi) is 3.38. The van der Waals surface area contributed by atoms with Gasteiger partial charge in [0.05, 0.1) is 18.2 Å². The van der Waals surface area contributed by atoms with Crippen LogP contribution in [0.1, 0.15) is 23.7 Å². The van der Waals surface area contributed by atoms with Crippen molar-refractivity contribution in [2.45, 2.75) is 19.9 Å². The molecule has 90 valence electrons. The van der Waals surface area contributed by atoms with Crippen LogP contribution in [0.15, 0.2) is 18.2 Å². The van der Waals surface area contributed by atoms with Gasteiger partial charge in [-0.25, -0.2) is 0 Å². The lowest BCUT2D eigenvalue weighted by Gasteiger charge is -2.08. The van der Waals surface area contributed by atoms with Crippen molar-refractivity contribution >= 4 is 28.8 Å². The van der Waals surface area contributed by atoms with Gasteiger partial charge in [-0.15, -0.1) is 0 Å². The lowest BCUT2D eigenvalue weighted by molar-refractivity contribution is 0.112. The van der Waals surface area contributed by atoms with E-state index in [1.54, 1.807) is 7.11 Å². The van der Waals surface area contributed by atoms with Gasteiger partial charge in [-0.2, -0.15) is 0 Å². The Morgan fingerprint density at radius 3 is 2.82 bits per heavy atom. The van der Waals surface area contributed by atoms with Crippen molar-refractivity contribution in [3.63, 3.8) is 0 Å². The minimum absolute atomic E-state index is 0.487. The van der Waals surface area contributed by atoms with E-state index in [2.05, 4.69) is 6.92 Å². The minimum Gasteiger partial charge on any atom is -0.495 e. The number of aryl methyl sites for hydroxylation is 1. The smallest absolute Gasteiger partial charge is 0.153 e. The number of aromatic nitrogens is 1. The lowest BCUT2D eigenvalue weighted by Crippen LogP contribution is -1.98. The van der Waals surface area contributed by atoms with Gasteiger partial charge < -0.3 is 9.30 Å². The zero-order chi connectivity index (χ0) is 12.4. The maximum Gasteiger partial charge on any atom is 0.153 e. The molecule has 0 aliphatic rings. The third-order valence-electron chi connectivity index (χ3n) is 2.80. The summed E-state index contributed by atoms with van der Waals surface area (Å²) in [6.07, 6.45) is 1.75. The molecule has 0 aliphatic heterocycles. The third-order valence-corrected chi connectivity index (χ3v) is 3.21. The SMILES string of the molecule is CCCn1c(Cl)c(C=O)c2cccc(OC)c21. The van der Waals surface area contributed by atoms with Crippen LogP contribution >= 0.6 is 11.6 Å². The summed E-state index contributed by atoms with van der Waals surface area (Å²) in [4.78, 5) is 11.1. The molecule has 0 fully saturated rings. The Morgan fingerprint density at radius 2 is 2.24 bits per heavy atom. The summed E-state index contributed by atoms with van der Waals surface area (Å²) in [6.45, 7) is 2.84. The van der Waals surface area contributed by atoms with E-state index >= 15 is 0 Å². The van der Waals surface area contributed by atoms with Gasteiger partial charge in [0.15, 0.2) is 6.29 Å². The first-order valence-electron chi connectivity index (χ1n) is 5.54. The Balaban J connectivity index is 2.85. The van der Waals surface area contributed by atoms with Crippen molar-refractivity contribution in [1.82, 2.24) is 4.57 Å². The Hall–Kier alpha value is -1.48. The number of benzene rings is 1. The number of carbonyl (C=O) groups is 1. The first-order chi connectivity index (χ1) is 8.24. The highest BCUT2D eigenvalue weighted by molar-refractivity contribution is 6.34. The molecule has 0 amide bonds. The summed E-state index contributed by atoms with van der Waals surface area (Å²) in [5.74, 6) is 0.742. The second-order valence-electron chi connectivity index (χ2n) is 3.83. The van der Waals surface area contributed by atoms with Gasteiger partial charge in [-0.1, -0.05) is 30.7 Å². The molecule has 0 atom stereocenters. The number of fused-ring (bicyclic) bond motifs is 1. The molecule has 1 aromatic carbocycles. The number of ether oxygens (including phenoxy) is 1. The van der Waals surface area contributed by atoms with Crippen molar-refractivity contribution in [3.05, 3.63) is 28.9 Å². The van der Waals surface area contributed by atoms with Crippen LogP contribution in [-0.2, 0) is 6.54 Å². The molecule has 0 saturated heterocycles. The molecule has 0 spiro atoms. The van der Waals surface area contributed by atoms with Crippen molar-refractivity contribution in [1.29, 1.82) is 0 Å². The summed E-state index contributed by atoms with van der Waals surface area (Å²) in [7, 11) is 1.62. The lowest BCUT2D eigenvalue weighted by atomic mass is 10.2. The number of halogens is 1. The average molecular weight is 252 g/mol. The number of carbonyl (C=O) groups excluding carboxylic acids is 1. The van der Waals surface area contributed by atoms with Gasteiger partial charge in [-0.3, -0.25) is 4.79 Å². The third kappa shape index (κ3) is 1.80. The second kappa shape index (κ2) is 4.80. The molecule has 0 bridgehead atoms. The molecule has 0 N–H and O–H groups in total. The summed E-state index contributed by atoms with van der Waals surface area (Å²) >= 11 is 6.24. The highest BCUT2D eigenvalue weighted by Crippen LogP contribution is 2.34. The van der Waals surface area contributed by atoms with E-state index in [1.807, 2.05) is 22.8 Å². The van der Waals surface area contributed by atoms with Gasteiger partial charge in [0.2, 0.25) is 0 Å². The molecule has 17 heavy (non-hydrogen) atoms. The predicted molar refractivity (Wildman–Crippen MR) is 69.2 cm³/mol. The van der Waals surface area contributed by atoms with E-state index < -0.39 is 0 Å². The van der Waals surface area contributed by atoms with Crippen LogP contribution in [0.25, 0.3) is 10.9 Å². The van der Waals surface area contributed by atoms with E-state index in [4.69, 9.17) is 16.3 Å². The molecule has 2 aromatic rings. The molecule has 1 aromatic heterocycles. The first-order valence-corrected chi connectivity index (χ1v) is 5.92. The number of hydrogen-bond acceptors (Lipinski definition) is 2. The molecule has 4 heteroatoms. The Bertz CT molecular complexity index is 560. The standard InChI is InChI=1S/C13H14ClNO2/c1-3-7-15-12-9(10(8-16)13(15)14)5-4-6-11(12)17-2/h4-6,8H,3,7H2,1-2H3. The minimum atomic E-state index is 0.487. The highest BCUT2D eigenvalue weighted by atomic mass is 35.5. The van der Waals surface area contributed by atoms with E-state index in [1.165, 1.54) is 0 Å². The number of methoxy groups -OCH3 is 1. The highest BCUT2D eigenvalue weighted by Gasteiger charge is 2.17. The van der Waals surface area contributed by atoms with Crippen LogP contribution in [0.5, 0.6) is 5.75 Å². The van der Waals surface area contributed by atoms with Crippen LogP contribution in [0.4, 0.5) is 0 Å². The number of nitrogens with zero attached hydrogens (tertiary/aromatic N) is 1. The normalized spacial score (nSPS) is 10.8. The van der Waals surface area contributed by atoms with Gasteiger partial charge in [0.1, 0.15) is 10.9 Å². The molecule has 2 rings (SSSR count). The summed E-state index contributed by atoms with van der Waals surface area (Å²) in [6, 6.07) is 5.62. The van der Waals surface area contributed by atoms with Crippen LogP contribution in [-0.4, -0.2) is 18.0 Å². The Morgan fingerprint density at radius 1 is 1.47 bits per heavy atom.